The molecule has 1 heterocycles. The largest absolute Gasteiger partial charge is 0.381 e. The van der Waals surface area contributed by atoms with E-state index in [0.29, 0.717) is 5.95 Å². The van der Waals surface area contributed by atoms with Gasteiger partial charge in [0.15, 0.2) is 0 Å². The van der Waals surface area contributed by atoms with Crippen LogP contribution < -0.4 is 16.6 Å². The van der Waals surface area contributed by atoms with Gasteiger partial charge in [0.2, 0.25) is 5.95 Å². The number of hydrazine groups is 1. The highest BCUT2D eigenvalue weighted by atomic mass is 16.5. The van der Waals surface area contributed by atoms with Crippen LogP contribution in [-0.2, 0) is 4.74 Å². The molecule has 0 aromatic carbocycles. The van der Waals surface area contributed by atoms with Gasteiger partial charge in [-0.2, -0.15) is 4.98 Å². The van der Waals surface area contributed by atoms with E-state index in [-0.39, 0.29) is 0 Å². The van der Waals surface area contributed by atoms with Crippen LogP contribution >= 0.6 is 0 Å². The van der Waals surface area contributed by atoms with E-state index in [1.807, 2.05) is 6.92 Å². The van der Waals surface area contributed by atoms with Crippen LogP contribution in [0.5, 0.6) is 0 Å². The molecule has 0 spiro atoms. The summed E-state index contributed by atoms with van der Waals surface area (Å²) in [6, 6.07) is 0. The number of aromatic nitrogens is 2. The second-order valence-corrected chi connectivity index (χ2v) is 4.12. The Bertz CT molecular complexity index is 345. The van der Waals surface area contributed by atoms with Crippen LogP contribution in [0.1, 0.15) is 31.7 Å². The molecule has 0 saturated heterocycles. The van der Waals surface area contributed by atoms with Gasteiger partial charge in [0.25, 0.3) is 0 Å². The maximum Gasteiger partial charge on any atom is 0.239 e. The fourth-order valence-electron chi connectivity index (χ4n) is 1.42. The minimum atomic E-state index is 0.419. The Balaban J connectivity index is 2.22. The van der Waals surface area contributed by atoms with Gasteiger partial charge < -0.3 is 10.1 Å². The first-order valence-electron chi connectivity index (χ1n) is 6.39. The summed E-state index contributed by atoms with van der Waals surface area (Å²) in [6.07, 6.45) is 5.00. The molecule has 0 fully saturated rings. The number of hydrogen-bond donors (Lipinski definition) is 3. The van der Waals surface area contributed by atoms with Crippen molar-refractivity contribution in [2.75, 3.05) is 30.5 Å². The predicted molar refractivity (Wildman–Crippen MR) is 73.4 cm³/mol. The van der Waals surface area contributed by atoms with E-state index < -0.39 is 0 Å². The number of hydrogen-bond acceptors (Lipinski definition) is 6. The summed E-state index contributed by atoms with van der Waals surface area (Å²) in [5, 5.41) is 3.25. The lowest BCUT2D eigenvalue weighted by atomic mass is 10.3. The molecule has 0 aliphatic rings. The average Bonchev–Trinajstić information content (AvgIpc) is 2.39. The standard InChI is InChI=1S/C12H23N5O/c1-3-4-7-18-8-5-6-14-11-10(2)9-15-12(16-11)17-13/h9H,3-8,13H2,1-2H3,(H2,14,15,16,17). The van der Waals surface area contributed by atoms with Crippen molar-refractivity contribution in [1.29, 1.82) is 0 Å². The summed E-state index contributed by atoms with van der Waals surface area (Å²) in [5.41, 5.74) is 3.43. The third-order valence-electron chi connectivity index (χ3n) is 2.50. The third kappa shape index (κ3) is 5.29. The van der Waals surface area contributed by atoms with Crippen molar-refractivity contribution < 1.29 is 4.74 Å². The second-order valence-electron chi connectivity index (χ2n) is 4.12. The van der Waals surface area contributed by atoms with Crippen LogP contribution in [0.3, 0.4) is 0 Å². The topological polar surface area (TPSA) is 85.1 Å². The molecule has 4 N–H and O–H groups in total. The number of nitrogen functional groups attached to an aromatic ring is 1. The lowest BCUT2D eigenvalue weighted by molar-refractivity contribution is 0.131. The number of nitrogens with zero attached hydrogens (tertiary/aromatic N) is 2. The van der Waals surface area contributed by atoms with E-state index >= 15 is 0 Å². The van der Waals surface area contributed by atoms with Crippen LogP contribution in [0.2, 0.25) is 0 Å². The molecule has 0 aliphatic heterocycles. The highest BCUT2D eigenvalue weighted by molar-refractivity contribution is 5.45. The van der Waals surface area contributed by atoms with Crippen LogP contribution in [-0.4, -0.2) is 29.7 Å². The quantitative estimate of drug-likeness (QED) is 0.353. The van der Waals surface area contributed by atoms with E-state index in [9.17, 15) is 0 Å². The van der Waals surface area contributed by atoms with Crippen molar-refractivity contribution in [1.82, 2.24) is 9.97 Å². The monoisotopic (exact) mass is 253 g/mol. The Labute approximate surface area is 108 Å². The second kappa shape index (κ2) is 8.66. The van der Waals surface area contributed by atoms with Gasteiger partial charge in [-0.15, -0.1) is 0 Å². The summed E-state index contributed by atoms with van der Waals surface area (Å²) >= 11 is 0. The van der Waals surface area contributed by atoms with Crippen LogP contribution in [0.4, 0.5) is 11.8 Å². The first-order chi connectivity index (χ1) is 8.77. The Morgan fingerprint density at radius 3 is 2.83 bits per heavy atom. The fourth-order valence-corrected chi connectivity index (χ4v) is 1.42. The van der Waals surface area contributed by atoms with Gasteiger partial charge in [-0.05, 0) is 19.8 Å². The summed E-state index contributed by atoms with van der Waals surface area (Å²) < 4.78 is 5.48. The van der Waals surface area contributed by atoms with E-state index in [0.717, 1.165) is 44.0 Å². The Kier molecular flexibility index (Phi) is 7.05. The highest BCUT2D eigenvalue weighted by Gasteiger charge is 2.01. The van der Waals surface area contributed by atoms with E-state index in [4.69, 9.17) is 10.6 Å². The summed E-state index contributed by atoms with van der Waals surface area (Å²) in [4.78, 5) is 8.26. The van der Waals surface area contributed by atoms with Gasteiger partial charge in [-0.1, -0.05) is 13.3 Å². The Morgan fingerprint density at radius 1 is 1.33 bits per heavy atom. The minimum Gasteiger partial charge on any atom is -0.381 e. The first kappa shape index (κ1) is 14.7. The molecular formula is C12H23N5O. The number of ether oxygens (including phenoxy) is 1. The highest BCUT2D eigenvalue weighted by Crippen LogP contribution is 2.11. The zero-order valence-corrected chi connectivity index (χ0v) is 11.2. The van der Waals surface area contributed by atoms with Crippen LogP contribution in [0.25, 0.3) is 0 Å². The molecule has 6 nitrogen and oxygen atoms in total. The molecule has 0 radical (unpaired) electrons. The SMILES string of the molecule is CCCCOCCCNc1nc(NN)ncc1C. The molecule has 6 heteroatoms. The molecule has 1 aromatic heterocycles. The van der Waals surface area contributed by atoms with Crippen molar-refractivity contribution in [3.63, 3.8) is 0 Å². The number of nitrogens with two attached hydrogens (primary N) is 1. The van der Waals surface area contributed by atoms with E-state index in [2.05, 4.69) is 27.6 Å². The maximum atomic E-state index is 5.48. The van der Waals surface area contributed by atoms with Gasteiger partial charge in [0, 0.05) is 31.5 Å². The average molecular weight is 253 g/mol. The van der Waals surface area contributed by atoms with Crippen molar-refractivity contribution in [2.24, 2.45) is 5.84 Å². The van der Waals surface area contributed by atoms with E-state index in [1.165, 1.54) is 6.42 Å². The smallest absolute Gasteiger partial charge is 0.239 e. The molecule has 18 heavy (non-hydrogen) atoms. The normalized spacial score (nSPS) is 10.4. The number of anilines is 2. The molecule has 1 rings (SSSR count). The van der Waals surface area contributed by atoms with Crippen LogP contribution in [0, 0.1) is 6.92 Å². The van der Waals surface area contributed by atoms with Gasteiger partial charge in [0.05, 0.1) is 0 Å². The lowest BCUT2D eigenvalue weighted by Crippen LogP contribution is -2.13. The fraction of sp³-hybridized carbons (Fsp3) is 0.667. The molecule has 0 unspecified atom stereocenters. The Hall–Kier alpha value is -1.40. The van der Waals surface area contributed by atoms with Crippen molar-refractivity contribution >= 4 is 11.8 Å². The summed E-state index contributed by atoms with van der Waals surface area (Å²) in [5.74, 6) is 6.50. The molecule has 102 valence electrons. The van der Waals surface area contributed by atoms with Gasteiger partial charge in [-0.25, -0.2) is 10.8 Å². The molecular weight excluding hydrogens is 230 g/mol. The third-order valence-corrected chi connectivity index (χ3v) is 2.50. The molecule has 0 amide bonds. The lowest BCUT2D eigenvalue weighted by Gasteiger charge is -2.09. The number of unbranched alkanes of at least 4 members (excludes halogenated alkanes) is 1. The summed E-state index contributed by atoms with van der Waals surface area (Å²) in [7, 11) is 0. The van der Waals surface area contributed by atoms with Crippen LogP contribution in [0.15, 0.2) is 6.20 Å². The van der Waals surface area contributed by atoms with Crippen molar-refractivity contribution in [2.45, 2.75) is 33.1 Å². The zero-order chi connectivity index (χ0) is 13.2. The number of rotatable bonds is 9. The zero-order valence-electron chi connectivity index (χ0n) is 11.2. The van der Waals surface area contributed by atoms with Gasteiger partial charge in [-0.3, -0.25) is 5.43 Å². The van der Waals surface area contributed by atoms with E-state index in [1.54, 1.807) is 6.20 Å². The first-order valence-corrected chi connectivity index (χ1v) is 6.39. The molecule has 0 saturated carbocycles. The van der Waals surface area contributed by atoms with Gasteiger partial charge in [0.1, 0.15) is 5.82 Å². The predicted octanol–water partition coefficient (Wildman–Crippen LogP) is 1.69. The minimum absolute atomic E-state index is 0.419. The number of nitrogens with one attached hydrogen (secondary N) is 2. The molecule has 0 bridgehead atoms. The maximum absolute atomic E-state index is 5.48. The van der Waals surface area contributed by atoms with Crippen molar-refractivity contribution in [3.05, 3.63) is 11.8 Å². The summed E-state index contributed by atoms with van der Waals surface area (Å²) in [6.45, 7) is 6.57. The molecule has 0 aliphatic carbocycles. The molecule has 1 aromatic rings. The Morgan fingerprint density at radius 2 is 2.11 bits per heavy atom. The van der Waals surface area contributed by atoms with Gasteiger partial charge >= 0.3 is 0 Å². The number of aryl methyl sites for hydroxylation is 1. The molecule has 0 atom stereocenters. The van der Waals surface area contributed by atoms with Crippen molar-refractivity contribution in [3.8, 4) is 0 Å².